The molecule has 7 nitrogen and oxygen atoms in total. The van der Waals surface area contributed by atoms with Gasteiger partial charge in [-0.2, -0.15) is 0 Å². The van der Waals surface area contributed by atoms with Gasteiger partial charge in [-0.3, -0.25) is 10.1 Å². The van der Waals surface area contributed by atoms with E-state index in [-0.39, 0.29) is 17.3 Å². The number of nitrogens with zero attached hydrogens (tertiary/aromatic N) is 4. The average Bonchev–Trinajstić information content (AvgIpc) is 2.80. The number of nitro groups is 1. The van der Waals surface area contributed by atoms with Crippen LogP contribution in [0.5, 0.6) is 0 Å². The van der Waals surface area contributed by atoms with Gasteiger partial charge in [0.15, 0.2) is 0 Å². The van der Waals surface area contributed by atoms with Gasteiger partial charge in [0.2, 0.25) is 11.6 Å². The number of aromatic nitrogens is 2. The molecule has 2 aromatic rings. The van der Waals surface area contributed by atoms with Gasteiger partial charge in [0.1, 0.15) is 6.33 Å². The molecule has 2 heterocycles. The van der Waals surface area contributed by atoms with Crippen molar-refractivity contribution in [3.05, 3.63) is 38.8 Å². The van der Waals surface area contributed by atoms with E-state index in [0.717, 1.165) is 4.88 Å². The first-order valence-corrected chi connectivity index (χ1v) is 5.96. The maximum absolute atomic E-state index is 11.0. The van der Waals surface area contributed by atoms with Crippen molar-refractivity contribution in [2.75, 3.05) is 17.7 Å². The monoisotopic (exact) mass is 265 g/mol. The topological polar surface area (TPSA) is 98.2 Å². The van der Waals surface area contributed by atoms with Crippen LogP contribution in [0.1, 0.15) is 4.88 Å². The summed E-state index contributed by atoms with van der Waals surface area (Å²) in [6.07, 6.45) is 1.22. The van der Waals surface area contributed by atoms with Gasteiger partial charge in [0, 0.05) is 11.9 Å². The van der Waals surface area contributed by atoms with Crippen LogP contribution in [-0.2, 0) is 6.54 Å². The Morgan fingerprint density at radius 2 is 2.33 bits per heavy atom. The molecule has 0 aromatic carbocycles. The Hall–Kier alpha value is -2.22. The van der Waals surface area contributed by atoms with Gasteiger partial charge < -0.3 is 10.6 Å². The minimum atomic E-state index is -0.560. The van der Waals surface area contributed by atoms with Crippen LogP contribution in [0.2, 0.25) is 0 Å². The van der Waals surface area contributed by atoms with E-state index in [9.17, 15) is 10.1 Å². The number of nitrogen functional groups attached to an aromatic ring is 1. The van der Waals surface area contributed by atoms with Crippen molar-refractivity contribution in [3.8, 4) is 0 Å². The molecule has 0 bridgehead atoms. The van der Waals surface area contributed by atoms with Crippen LogP contribution in [0, 0.1) is 10.1 Å². The first kappa shape index (κ1) is 12.2. The summed E-state index contributed by atoms with van der Waals surface area (Å²) in [5.41, 5.74) is 5.26. The highest BCUT2D eigenvalue weighted by atomic mass is 32.1. The summed E-state index contributed by atoms with van der Waals surface area (Å²) >= 11 is 1.58. The lowest BCUT2D eigenvalue weighted by atomic mass is 10.3. The van der Waals surface area contributed by atoms with Crippen LogP contribution in [-0.4, -0.2) is 21.9 Å². The summed E-state index contributed by atoms with van der Waals surface area (Å²) in [7, 11) is 1.73. The van der Waals surface area contributed by atoms with Crippen molar-refractivity contribution in [1.82, 2.24) is 9.97 Å². The van der Waals surface area contributed by atoms with Crippen molar-refractivity contribution in [3.63, 3.8) is 0 Å². The molecule has 94 valence electrons. The SMILES string of the molecule is CN(Cc1cccs1)c1ncnc(N)c1[N+](=O)[O-]. The molecule has 0 aliphatic carbocycles. The summed E-state index contributed by atoms with van der Waals surface area (Å²) in [4.78, 5) is 20.8. The van der Waals surface area contributed by atoms with Crippen LogP contribution >= 0.6 is 11.3 Å². The predicted octanol–water partition coefficient (Wildman–Crippen LogP) is 1.66. The second kappa shape index (κ2) is 4.96. The number of rotatable bonds is 4. The third-order valence-electron chi connectivity index (χ3n) is 2.35. The number of anilines is 2. The third kappa shape index (κ3) is 2.38. The molecule has 2 rings (SSSR count). The highest BCUT2D eigenvalue weighted by Crippen LogP contribution is 2.30. The molecule has 0 fully saturated rings. The minimum Gasteiger partial charge on any atom is -0.378 e. The highest BCUT2D eigenvalue weighted by molar-refractivity contribution is 7.09. The molecular formula is C10H11N5O2S. The Kier molecular flexibility index (Phi) is 3.38. The van der Waals surface area contributed by atoms with E-state index >= 15 is 0 Å². The summed E-state index contributed by atoms with van der Waals surface area (Å²) < 4.78 is 0. The second-order valence-electron chi connectivity index (χ2n) is 3.62. The maximum atomic E-state index is 11.0. The van der Waals surface area contributed by atoms with Crippen LogP contribution < -0.4 is 10.6 Å². The molecule has 2 N–H and O–H groups in total. The predicted molar refractivity (Wildman–Crippen MR) is 69.5 cm³/mol. The standard InChI is InChI=1S/C10H11N5O2S/c1-14(5-7-3-2-4-18-7)10-8(15(16)17)9(11)12-6-13-10/h2-4,6H,5H2,1H3,(H2,11,12,13). The van der Waals surface area contributed by atoms with Crippen LogP contribution in [0.25, 0.3) is 0 Å². The fourth-order valence-corrected chi connectivity index (χ4v) is 2.31. The van der Waals surface area contributed by atoms with E-state index in [1.807, 2.05) is 17.5 Å². The zero-order chi connectivity index (χ0) is 13.1. The van der Waals surface area contributed by atoms with E-state index < -0.39 is 4.92 Å². The van der Waals surface area contributed by atoms with Gasteiger partial charge in [-0.15, -0.1) is 11.3 Å². The molecule has 18 heavy (non-hydrogen) atoms. The molecular weight excluding hydrogens is 254 g/mol. The largest absolute Gasteiger partial charge is 0.378 e. The molecule has 0 aliphatic rings. The Bertz CT molecular complexity index is 557. The van der Waals surface area contributed by atoms with Crippen molar-refractivity contribution in [2.24, 2.45) is 0 Å². The summed E-state index contributed by atoms with van der Waals surface area (Å²) in [5.74, 6) is 0.101. The Morgan fingerprint density at radius 1 is 1.56 bits per heavy atom. The van der Waals surface area contributed by atoms with Crippen molar-refractivity contribution in [2.45, 2.75) is 6.54 Å². The molecule has 0 aliphatic heterocycles. The molecule has 0 amide bonds. The molecule has 0 atom stereocenters. The number of hydrogen-bond donors (Lipinski definition) is 1. The van der Waals surface area contributed by atoms with Crippen molar-refractivity contribution in [1.29, 1.82) is 0 Å². The van der Waals surface area contributed by atoms with Gasteiger partial charge in [0.25, 0.3) is 0 Å². The fraction of sp³-hybridized carbons (Fsp3) is 0.200. The van der Waals surface area contributed by atoms with Gasteiger partial charge in [-0.1, -0.05) is 6.07 Å². The molecule has 0 saturated heterocycles. The Balaban J connectivity index is 2.32. The fourth-order valence-electron chi connectivity index (χ4n) is 1.55. The molecule has 0 saturated carbocycles. The second-order valence-corrected chi connectivity index (χ2v) is 4.66. The summed E-state index contributed by atoms with van der Waals surface area (Å²) in [6.45, 7) is 0.537. The molecule has 8 heteroatoms. The van der Waals surface area contributed by atoms with E-state index in [1.165, 1.54) is 6.33 Å². The van der Waals surface area contributed by atoms with E-state index in [2.05, 4.69) is 9.97 Å². The molecule has 2 aromatic heterocycles. The number of thiophene rings is 1. The third-order valence-corrected chi connectivity index (χ3v) is 3.21. The summed E-state index contributed by atoms with van der Waals surface area (Å²) in [6, 6.07) is 3.88. The van der Waals surface area contributed by atoms with Gasteiger partial charge in [-0.05, 0) is 11.4 Å². The smallest absolute Gasteiger partial charge is 0.353 e. The molecule has 0 unspecified atom stereocenters. The van der Waals surface area contributed by atoms with Crippen LogP contribution in [0.3, 0.4) is 0 Å². The lowest BCUT2D eigenvalue weighted by Crippen LogP contribution is -2.19. The van der Waals surface area contributed by atoms with Gasteiger partial charge in [0.05, 0.1) is 11.5 Å². The van der Waals surface area contributed by atoms with Gasteiger partial charge >= 0.3 is 5.69 Å². The minimum absolute atomic E-state index is 0.122. The molecule has 0 radical (unpaired) electrons. The summed E-state index contributed by atoms with van der Waals surface area (Å²) in [5, 5.41) is 12.9. The van der Waals surface area contributed by atoms with Crippen molar-refractivity contribution < 1.29 is 4.92 Å². The Morgan fingerprint density at radius 3 is 2.94 bits per heavy atom. The average molecular weight is 265 g/mol. The highest BCUT2D eigenvalue weighted by Gasteiger charge is 2.23. The first-order chi connectivity index (χ1) is 8.59. The maximum Gasteiger partial charge on any atom is 0.353 e. The molecule has 0 spiro atoms. The van der Waals surface area contributed by atoms with Crippen LogP contribution in [0.4, 0.5) is 17.3 Å². The van der Waals surface area contributed by atoms with Crippen molar-refractivity contribution >= 4 is 28.7 Å². The number of hydrogen-bond acceptors (Lipinski definition) is 7. The van der Waals surface area contributed by atoms with Gasteiger partial charge in [-0.25, -0.2) is 9.97 Å². The first-order valence-electron chi connectivity index (χ1n) is 5.08. The zero-order valence-electron chi connectivity index (χ0n) is 9.61. The van der Waals surface area contributed by atoms with E-state index in [4.69, 9.17) is 5.73 Å². The van der Waals surface area contributed by atoms with Crippen LogP contribution in [0.15, 0.2) is 23.8 Å². The lowest BCUT2D eigenvalue weighted by molar-refractivity contribution is -0.383. The quantitative estimate of drug-likeness (QED) is 0.667. The Labute approximate surface area is 107 Å². The normalized spacial score (nSPS) is 10.3. The lowest BCUT2D eigenvalue weighted by Gasteiger charge is -2.16. The van der Waals surface area contributed by atoms with E-state index in [1.54, 1.807) is 23.3 Å². The zero-order valence-corrected chi connectivity index (χ0v) is 10.4. The van der Waals surface area contributed by atoms with E-state index in [0.29, 0.717) is 6.54 Å². The number of nitrogens with two attached hydrogens (primary N) is 1.